The molecule has 0 heterocycles. The lowest BCUT2D eigenvalue weighted by atomic mass is 9.86. The van der Waals surface area contributed by atoms with Crippen molar-refractivity contribution < 1.29 is 0 Å². The predicted octanol–water partition coefficient (Wildman–Crippen LogP) is 6.97. The largest absolute Gasteiger partial charge is 0.113 e. The molecule has 0 spiro atoms. The van der Waals surface area contributed by atoms with Crippen LogP contribution in [0.1, 0.15) is 44.3 Å². The monoisotopic (exact) mass is 384 g/mol. The van der Waals surface area contributed by atoms with Gasteiger partial charge in [-0.25, -0.2) is 0 Å². The molecule has 0 aliphatic rings. The van der Waals surface area contributed by atoms with E-state index in [4.69, 9.17) is 23.2 Å². The summed E-state index contributed by atoms with van der Waals surface area (Å²) < 4.78 is 0.949. The Morgan fingerprint density at radius 2 is 1.33 bits per heavy atom. The molecule has 0 aliphatic heterocycles. The maximum Gasteiger partial charge on any atom is 0.0851 e. The van der Waals surface area contributed by atoms with Crippen molar-refractivity contribution in [3.8, 4) is 0 Å². The van der Waals surface area contributed by atoms with Crippen molar-refractivity contribution in [3.05, 3.63) is 66.6 Å². The Labute approximate surface area is 145 Å². The Morgan fingerprint density at radius 3 is 1.81 bits per heavy atom. The molecule has 0 nitrogen and oxygen atoms in total. The molecule has 0 fully saturated rings. The van der Waals surface area contributed by atoms with Gasteiger partial charge >= 0.3 is 0 Å². The van der Waals surface area contributed by atoms with Crippen LogP contribution in [-0.2, 0) is 0 Å². The van der Waals surface area contributed by atoms with Crippen LogP contribution >= 0.6 is 39.1 Å². The summed E-state index contributed by atoms with van der Waals surface area (Å²) in [5, 5.41) is 0.522. The Bertz CT molecular complexity index is 676. The number of rotatable bonds is 2. The van der Waals surface area contributed by atoms with Gasteiger partial charge in [0.1, 0.15) is 0 Å². The second-order valence-corrected chi connectivity index (χ2v) is 7.29. The standard InChI is InChI=1S/C18H19BrCl2/c1-9-10(2)12(4)17(13(5)11(9)3)18(21)15-7-6-14(20)8-16(15)19/h6-8,18H,1-5H3. The van der Waals surface area contributed by atoms with Crippen LogP contribution in [0.2, 0.25) is 5.02 Å². The summed E-state index contributed by atoms with van der Waals surface area (Å²) in [5.74, 6) is 0. The molecule has 0 amide bonds. The van der Waals surface area contributed by atoms with Crippen molar-refractivity contribution in [2.45, 2.75) is 40.0 Å². The molecular weight excluding hydrogens is 367 g/mol. The summed E-state index contributed by atoms with van der Waals surface area (Å²) in [4.78, 5) is 0. The average Bonchev–Trinajstić information content (AvgIpc) is 2.43. The molecule has 2 rings (SSSR count). The highest BCUT2D eigenvalue weighted by molar-refractivity contribution is 9.10. The summed E-state index contributed by atoms with van der Waals surface area (Å²) in [7, 11) is 0. The molecule has 0 aliphatic carbocycles. The number of benzene rings is 2. The van der Waals surface area contributed by atoms with Gasteiger partial charge in [-0.15, -0.1) is 11.6 Å². The van der Waals surface area contributed by atoms with Crippen LogP contribution in [0.3, 0.4) is 0 Å². The van der Waals surface area contributed by atoms with Crippen LogP contribution in [0, 0.1) is 34.6 Å². The van der Waals surface area contributed by atoms with E-state index in [1.54, 1.807) is 0 Å². The normalized spacial score (nSPS) is 12.6. The zero-order chi connectivity index (χ0) is 15.9. The van der Waals surface area contributed by atoms with Gasteiger partial charge in [0.05, 0.1) is 5.38 Å². The molecule has 0 saturated heterocycles. The van der Waals surface area contributed by atoms with Crippen molar-refractivity contribution in [3.63, 3.8) is 0 Å². The Kier molecular flexibility index (Phi) is 5.07. The third kappa shape index (κ3) is 3.02. The number of alkyl halides is 1. The SMILES string of the molecule is Cc1c(C)c(C)c(C(Cl)c2ccc(Cl)cc2Br)c(C)c1C. The first-order chi connectivity index (χ1) is 9.75. The molecule has 1 unspecified atom stereocenters. The van der Waals surface area contributed by atoms with E-state index >= 15 is 0 Å². The zero-order valence-corrected chi connectivity index (χ0v) is 16.0. The van der Waals surface area contributed by atoms with Gasteiger partial charge < -0.3 is 0 Å². The highest BCUT2D eigenvalue weighted by atomic mass is 79.9. The van der Waals surface area contributed by atoms with Gasteiger partial charge in [-0.1, -0.05) is 33.6 Å². The van der Waals surface area contributed by atoms with E-state index in [-0.39, 0.29) is 5.38 Å². The van der Waals surface area contributed by atoms with E-state index < -0.39 is 0 Å². The first-order valence-electron chi connectivity index (χ1n) is 6.91. The molecule has 0 N–H and O–H groups in total. The minimum Gasteiger partial charge on any atom is -0.113 e. The number of halogens is 3. The fourth-order valence-corrected chi connectivity index (χ4v) is 4.33. The average molecular weight is 386 g/mol. The molecule has 0 aromatic heterocycles. The first-order valence-corrected chi connectivity index (χ1v) is 8.52. The van der Waals surface area contributed by atoms with E-state index in [9.17, 15) is 0 Å². The second kappa shape index (κ2) is 6.32. The summed E-state index contributed by atoms with van der Waals surface area (Å²) >= 11 is 16.4. The first kappa shape index (κ1) is 16.9. The summed E-state index contributed by atoms with van der Waals surface area (Å²) in [6, 6.07) is 5.77. The van der Waals surface area contributed by atoms with E-state index in [1.165, 1.54) is 33.4 Å². The molecule has 2 aromatic rings. The minimum absolute atomic E-state index is 0.186. The van der Waals surface area contributed by atoms with Gasteiger partial charge in [-0.3, -0.25) is 0 Å². The summed E-state index contributed by atoms with van der Waals surface area (Å²) in [5.41, 5.74) is 8.81. The van der Waals surface area contributed by atoms with Gasteiger partial charge in [0, 0.05) is 9.50 Å². The summed E-state index contributed by atoms with van der Waals surface area (Å²) in [6.07, 6.45) is 0. The Balaban J connectivity index is 2.66. The minimum atomic E-state index is -0.186. The smallest absolute Gasteiger partial charge is 0.0851 e. The molecule has 112 valence electrons. The fraction of sp³-hybridized carbons (Fsp3) is 0.333. The van der Waals surface area contributed by atoms with E-state index in [0.29, 0.717) is 5.02 Å². The highest BCUT2D eigenvalue weighted by Crippen LogP contribution is 2.40. The third-order valence-electron chi connectivity index (χ3n) is 4.55. The van der Waals surface area contributed by atoms with Gasteiger partial charge in [-0.05, 0) is 85.7 Å². The lowest BCUT2D eigenvalue weighted by molar-refractivity contribution is 1.03. The predicted molar refractivity (Wildman–Crippen MR) is 97.0 cm³/mol. The van der Waals surface area contributed by atoms with Crippen molar-refractivity contribution in [2.75, 3.05) is 0 Å². The number of hydrogen-bond donors (Lipinski definition) is 0. The van der Waals surface area contributed by atoms with E-state index in [1.807, 2.05) is 18.2 Å². The maximum absolute atomic E-state index is 6.82. The van der Waals surface area contributed by atoms with Gasteiger partial charge in [0.2, 0.25) is 0 Å². The van der Waals surface area contributed by atoms with Crippen LogP contribution in [0.15, 0.2) is 22.7 Å². The number of hydrogen-bond acceptors (Lipinski definition) is 0. The van der Waals surface area contributed by atoms with Crippen molar-refractivity contribution in [2.24, 2.45) is 0 Å². The molecule has 0 saturated carbocycles. The third-order valence-corrected chi connectivity index (χ3v) is 5.92. The van der Waals surface area contributed by atoms with E-state index in [2.05, 4.69) is 50.5 Å². The lowest BCUT2D eigenvalue weighted by Gasteiger charge is -2.23. The van der Waals surface area contributed by atoms with Gasteiger partial charge in [0.15, 0.2) is 0 Å². The summed E-state index contributed by atoms with van der Waals surface area (Å²) in [6.45, 7) is 10.8. The van der Waals surface area contributed by atoms with Crippen molar-refractivity contribution >= 4 is 39.1 Å². The Morgan fingerprint density at radius 1 is 0.857 bits per heavy atom. The molecule has 1 atom stereocenters. The lowest BCUT2D eigenvalue weighted by Crippen LogP contribution is -2.06. The molecule has 3 heteroatoms. The zero-order valence-electron chi connectivity index (χ0n) is 12.9. The topological polar surface area (TPSA) is 0 Å². The van der Waals surface area contributed by atoms with Crippen LogP contribution in [0.5, 0.6) is 0 Å². The highest BCUT2D eigenvalue weighted by Gasteiger charge is 2.21. The van der Waals surface area contributed by atoms with Gasteiger partial charge in [-0.2, -0.15) is 0 Å². The second-order valence-electron chi connectivity index (χ2n) is 5.57. The van der Waals surface area contributed by atoms with E-state index in [0.717, 1.165) is 10.0 Å². The van der Waals surface area contributed by atoms with Crippen LogP contribution in [0.4, 0.5) is 0 Å². The quantitative estimate of drug-likeness (QED) is 0.489. The maximum atomic E-state index is 6.82. The molecule has 2 aromatic carbocycles. The fourth-order valence-electron chi connectivity index (χ4n) is 2.77. The van der Waals surface area contributed by atoms with Crippen LogP contribution < -0.4 is 0 Å². The van der Waals surface area contributed by atoms with Crippen LogP contribution in [-0.4, -0.2) is 0 Å². The van der Waals surface area contributed by atoms with Crippen molar-refractivity contribution in [1.29, 1.82) is 0 Å². The molecule has 0 bridgehead atoms. The van der Waals surface area contributed by atoms with Crippen molar-refractivity contribution in [1.82, 2.24) is 0 Å². The Hall–Kier alpha value is -0.500. The van der Waals surface area contributed by atoms with Gasteiger partial charge in [0.25, 0.3) is 0 Å². The molecule has 0 radical (unpaired) electrons. The molecule has 21 heavy (non-hydrogen) atoms. The van der Waals surface area contributed by atoms with Crippen LogP contribution in [0.25, 0.3) is 0 Å². The molecular formula is C18H19BrCl2.